The zero-order chi connectivity index (χ0) is 18.5. The van der Waals surface area contributed by atoms with Crippen LogP contribution in [0.15, 0.2) is 97.2 Å². The molecule has 0 fully saturated rings. The Bertz CT molecular complexity index is 1050. The fourth-order valence-corrected chi connectivity index (χ4v) is 3.23. The van der Waals surface area contributed by atoms with Gasteiger partial charge in [-0.1, -0.05) is 66.7 Å². The van der Waals surface area contributed by atoms with E-state index in [1.165, 1.54) is 0 Å². The van der Waals surface area contributed by atoms with Crippen molar-refractivity contribution >= 4 is 22.4 Å². The predicted octanol–water partition coefficient (Wildman–Crippen LogP) is 5.20. The number of benzene rings is 3. The SMILES string of the molecule is O=C(Cc1ccccc1)C(Nc1ccc2ncccc2c1)c1ccccc1. The molecule has 1 unspecified atom stereocenters. The van der Waals surface area contributed by atoms with Gasteiger partial charge < -0.3 is 5.32 Å². The molecule has 0 saturated carbocycles. The largest absolute Gasteiger partial charge is 0.372 e. The van der Waals surface area contributed by atoms with Crippen LogP contribution in [0.5, 0.6) is 0 Å². The van der Waals surface area contributed by atoms with Crippen molar-refractivity contribution in [2.75, 3.05) is 5.32 Å². The number of carbonyl (C=O) groups excluding carboxylic acids is 1. The van der Waals surface area contributed by atoms with E-state index >= 15 is 0 Å². The Labute approximate surface area is 158 Å². The van der Waals surface area contributed by atoms with Gasteiger partial charge in [-0.2, -0.15) is 0 Å². The molecule has 0 saturated heterocycles. The van der Waals surface area contributed by atoms with E-state index in [0.29, 0.717) is 6.42 Å². The Morgan fingerprint density at radius 2 is 1.59 bits per heavy atom. The molecule has 3 aromatic carbocycles. The van der Waals surface area contributed by atoms with Gasteiger partial charge in [0.1, 0.15) is 6.04 Å². The third kappa shape index (κ3) is 4.04. The Kier molecular flexibility index (Phi) is 4.93. The number of rotatable bonds is 6. The smallest absolute Gasteiger partial charge is 0.163 e. The van der Waals surface area contributed by atoms with Gasteiger partial charge in [0.15, 0.2) is 5.78 Å². The van der Waals surface area contributed by atoms with E-state index in [-0.39, 0.29) is 5.78 Å². The molecule has 3 nitrogen and oxygen atoms in total. The lowest BCUT2D eigenvalue weighted by Crippen LogP contribution is -2.22. The first kappa shape index (κ1) is 17.0. The number of anilines is 1. The molecule has 27 heavy (non-hydrogen) atoms. The van der Waals surface area contributed by atoms with E-state index in [9.17, 15) is 4.79 Å². The minimum atomic E-state index is -0.402. The van der Waals surface area contributed by atoms with Gasteiger partial charge in [0.05, 0.1) is 5.52 Å². The van der Waals surface area contributed by atoms with E-state index in [4.69, 9.17) is 0 Å². The molecule has 0 aliphatic rings. The number of pyridine rings is 1. The lowest BCUT2D eigenvalue weighted by atomic mass is 9.97. The predicted molar refractivity (Wildman–Crippen MR) is 110 cm³/mol. The lowest BCUT2D eigenvalue weighted by molar-refractivity contribution is -0.119. The van der Waals surface area contributed by atoms with Crippen LogP contribution >= 0.6 is 0 Å². The van der Waals surface area contributed by atoms with Gasteiger partial charge in [-0.3, -0.25) is 9.78 Å². The number of aromatic nitrogens is 1. The highest BCUT2D eigenvalue weighted by atomic mass is 16.1. The minimum Gasteiger partial charge on any atom is -0.372 e. The number of hydrogen-bond acceptors (Lipinski definition) is 3. The van der Waals surface area contributed by atoms with Gasteiger partial charge in [-0.15, -0.1) is 0 Å². The van der Waals surface area contributed by atoms with Crippen molar-refractivity contribution in [2.45, 2.75) is 12.5 Å². The van der Waals surface area contributed by atoms with Gasteiger partial charge in [-0.05, 0) is 35.4 Å². The Morgan fingerprint density at radius 3 is 2.37 bits per heavy atom. The summed E-state index contributed by atoms with van der Waals surface area (Å²) in [4.78, 5) is 17.5. The molecule has 1 aromatic heterocycles. The van der Waals surface area contributed by atoms with E-state index in [2.05, 4.69) is 10.3 Å². The third-order valence-electron chi connectivity index (χ3n) is 4.59. The Balaban J connectivity index is 1.64. The molecule has 4 rings (SSSR count). The van der Waals surface area contributed by atoms with Crippen LogP contribution in [0.25, 0.3) is 10.9 Å². The van der Waals surface area contributed by atoms with Crippen LogP contribution in [0.3, 0.4) is 0 Å². The molecule has 4 aromatic rings. The van der Waals surface area contributed by atoms with Gasteiger partial charge in [-0.25, -0.2) is 0 Å². The number of Topliss-reactive ketones (excluding diaryl/α,β-unsaturated/α-hetero) is 1. The quantitative estimate of drug-likeness (QED) is 0.518. The summed E-state index contributed by atoms with van der Waals surface area (Å²) < 4.78 is 0. The zero-order valence-electron chi connectivity index (χ0n) is 14.9. The molecule has 0 radical (unpaired) electrons. The van der Waals surface area contributed by atoms with Crippen molar-refractivity contribution in [3.05, 3.63) is 108 Å². The first-order valence-corrected chi connectivity index (χ1v) is 9.02. The van der Waals surface area contributed by atoms with Crippen LogP contribution < -0.4 is 5.32 Å². The summed E-state index contributed by atoms with van der Waals surface area (Å²) in [6, 6.07) is 29.3. The average Bonchev–Trinajstić information content (AvgIpc) is 2.73. The number of hydrogen-bond donors (Lipinski definition) is 1. The standard InChI is InChI=1S/C24H20N2O/c27-23(16-18-8-3-1-4-9-18)24(19-10-5-2-6-11-19)26-21-13-14-22-20(17-21)12-7-15-25-22/h1-15,17,24,26H,16H2. The molecular formula is C24H20N2O. The van der Waals surface area contributed by atoms with Gasteiger partial charge >= 0.3 is 0 Å². The Hall–Kier alpha value is -3.46. The highest BCUT2D eigenvalue weighted by Gasteiger charge is 2.20. The molecule has 3 heteroatoms. The summed E-state index contributed by atoms with van der Waals surface area (Å²) in [6.45, 7) is 0. The van der Waals surface area contributed by atoms with E-state index in [1.807, 2.05) is 91.0 Å². The van der Waals surface area contributed by atoms with Crippen molar-refractivity contribution in [3.63, 3.8) is 0 Å². The summed E-state index contributed by atoms with van der Waals surface area (Å²) in [5.41, 5.74) is 3.83. The maximum absolute atomic E-state index is 13.1. The summed E-state index contributed by atoms with van der Waals surface area (Å²) in [6.07, 6.45) is 2.17. The number of carbonyl (C=O) groups is 1. The van der Waals surface area contributed by atoms with E-state index in [1.54, 1.807) is 6.20 Å². The second kappa shape index (κ2) is 7.83. The highest BCUT2D eigenvalue weighted by Crippen LogP contribution is 2.24. The van der Waals surface area contributed by atoms with Crippen molar-refractivity contribution in [2.24, 2.45) is 0 Å². The number of nitrogens with one attached hydrogen (secondary N) is 1. The molecule has 0 aliphatic heterocycles. The van der Waals surface area contributed by atoms with Crippen molar-refractivity contribution in [3.8, 4) is 0 Å². The fraction of sp³-hybridized carbons (Fsp3) is 0.0833. The van der Waals surface area contributed by atoms with Crippen molar-refractivity contribution in [1.82, 2.24) is 4.98 Å². The number of ketones is 1. The summed E-state index contributed by atoms with van der Waals surface area (Å²) in [5, 5.41) is 4.48. The Morgan fingerprint density at radius 1 is 0.852 bits per heavy atom. The molecule has 0 amide bonds. The fourth-order valence-electron chi connectivity index (χ4n) is 3.23. The summed E-state index contributed by atoms with van der Waals surface area (Å²) in [5.74, 6) is 0.138. The maximum atomic E-state index is 13.1. The van der Waals surface area contributed by atoms with E-state index < -0.39 is 6.04 Å². The number of fused-ring (bicyclic) bond motifs is 1. The molecule has 1 atom stereocenters. The maximum Gasteiger partial charge on any atom is 0.163 e. The summed E-state index contributed by atoms with van der Waals surface area (Å²) >= 11 is 0. The lowest BCUT2D eigenvalue weighted by Gasteiger charge is -2.20. The van der Waals surface area contributed by atoms with Crippen LogP contribution in [0.1, 0.15) is 17.2 Å². The van der Waals surface area contributed by atoms with E-state index in [0.717, 1.165) is 27.7 Å². The van der Waals surface area contributed by atoms with Crippen LogP contribution in [0.2, 0.25) is 0 Å². The molecule has 0 aliphatic carbocycles. The van der Waals surface area contributed by atoms with Crippen LogP contribution in [-0.4, -0.2) is 10.8 Å². The zero-order valence-corrected chi connectivity index (χ0v) is 14.9. The van der Waals surface area contributed by atoms with Gasteiger partial charge in [0.2, 0.25) is 0 Å². The number of nitrogens with zero attached hydrogens (tertiary/aromatic N) is 1. The van der Waals surface area contributed by atoms with Crippen molar-refractivity contribution in [1.29, 1.82) is 0 Å². The topological polar surface area (TPSA) is 42.0 Å². The van der Waals surface area contributed by atoms with Crippen LogP contribution in [0.4, 0.5) is 5.69 Å². The van der Waals surface area contributed by atoms with Crippen LogP contribution in [0, 0.1) is 0 Å². The second-order valence-corrected chi connectivity index (χ2v) is 6.53. The normalized spacial score (nSPS) is 11.9. The molecular weight excluding hydrogens is 332 g/mol. The molecule has 0 bridgehead atoms. The molecule has 0 spiro atoms. The first-order chi connectivity index (χ1) is 13.3. The van der Waals surface area contributed by atoms with Gasteiger partial charge in [0.25, 0.3) is 0 Å². The highest BCUT2D eigenvalue weighted by molar-refractivity contribution is 5.90. The minimum absolute atomic E-state index is 0.138. The van der Waals surface area contributed by atoms with Gasteiger partial charge in [0, 0.05) is 23.7 Å². The molecule has 132 valence electrons. The molecule has 1 N–H and O–H groups in total. The molecule has 1 heterocycles. The van der Waals surface area contributed by atoms with Crippen LogP contribution in [-0.2, 0) is 11.2 Å². The average molecular weight is 352 g/mol. The first-order valence-electron chi connectivity index (χ1n) is 9.02. The monoisotopic (exact) mass is 352 g/mol. The summed E-state index contributed by atoms with van der Waals surface area (Å²) in [7, 11) is 0. The van der Waals surface area contributed by atoms with Crippen molar-refractivity contribution < 1.29 is 4.79 Å². The third-order valence-corrected chi connectivity index (χ3v) is 4.59. The second-order valence-electron chi connectivity index (χ2n) is 6.53.